The highest BCUT2D eigenvalue weighted by atomic mass is 16.5. The lowest BCUT2D eigenvalue weighted by Crippen LogP contribution is -2.39. The Bertz CT molecular complexity index is 746. The van der Waals surface area contributed by atoms with E-state index in [9.17, 15) is 4.79 Å². The zero-order valence-electron chi connectivity index (χ0n) is 14.7. The second kappa shape index (κ2) is 7.42. The van der Waals surface area contributed by atoms with Crippen LogP contribution in [0.1, 0.15) is 30.3 Å². The highest BCUT2D eigenvalue weighted by Gasteiger charge is 2.32. The molecule has 0 aliphatic carbocycles. The third kappa shape index (κ3) is 3.67. The molecule has 1 unspecified atom stereocenters. The first-order valence-corrected chi connectivity index (χ1v) is 8.23. The zero-order valence-corrected chi connectivity index (χ0v) is 14.7. The number of urea groups is 1. The van der Waals surface area contributed by atoms with Crippen LogP contribution in [0.25, 0.3) is 0 Å². The second-order valence-electron chi connectivity index (χ2n) is 5.95. The maximum atomic E-state index is 12.6. The van der Waals surface area contributed by atoms with Crippen LogP contribution in [0, 0.1) is 0 Å². The lowest BCUT2D eigenvalue weighted by molar-refractivity contribution is 0.191. The van der Waals surface area contributed by atoms with Crippen LogP contribution in [-0.4, -0.2) is 46.5 Å². The van der Waals surface area contributed by atoms with Gasteiger partial charge in [-0.15, -0.1) is 0 Å². The van der Waals surface area contributed by atoms with Crippen LogP contribution in [0.4, 0.5) is 4.79 Å². The third-order valence-corrected chi connectivity index (χ3v) is 4.36. The minimum Gasteiger partial charge on any atom is -0.497 e. The predicted molar refractivity (Wildman–Crippen MR) is 91.5 cm³/mol. The van der Waals surface area contributed by atoms with Crippen LogP contribution in [0.2, 0.25) is 0 Å². The molecule has 1 aromatic carbocycles. The number of benzene rings is 1. The van der Waals surface area contributed by atoms with E-state index in [1.807, 2.05) is 23.1 Å². The number of amides is 2. The molecule has 0 spiro atoms. The molecule has 3 rings (SSSR count). The number of aromatic nitrogens is 3. The van der Waals surface area contributed by atoms with Crippen molar-refractivity contribution < 1.29 is 14.3 Å². The molecule has 2 aromatic rings. The van der Waals surface area contributed by atoms with Gasteiger partial charge in [-0.05, 0) is 25.0 Å². The average molecular weight is 345 g/mol. The summed E-state index contributed by atoms with van der Waals surface area (Å²) in [5.41, 5.74) is 0.993. The van der Waals surface area contributed by atoms with Crippen LogP contribution in [-0.2, 0) is 13.6 Å². The van der Waals surface area contributed by atoms with Gasteiger partial charge in [0.2, 0.25) is 0 Å². The Morgan fingerprint density at radius 3 is 2.88 bits per heavy atom. The van der Waals surface area contributed by atoms with Crippen molar-refractivity contribution in [1.29, 1.82) is 0 Å². The first-order chi connectivity index (χ1) is 12.1. The Labute approximate surface area is 146 Å². The molecular weight excluding hydrogens is 322 g/mol. The number of nitrogens with one attached hydrogen (secondary N) is 1. The van der Waals surface area contributed by atoms with Gasteiger partial charge in [0.05, 0.1) is 26.8 Å². The van der Waals surface area contributed by atoms with Crippen molar-refractivity contribution in [1.82, 2.24) is 25.0 Å². The fourth-order valence-electron chi connectivity index (χ4n) is 3.15. The summed E-state index contributed by atoms with van der Waals surface area (Å²) in [6.07, 6.45) is 3.47. The van der Waals surface area contributed by atoms with Crippen molar-refractivity contribution in [2.75, 3.05) is 20.8 Å². The summed E-state index contributed by atoms with van der Waals surface area (Å²) in [4.78, 5) is 18.6. The Morgan fingerprint density at radius 1 is 1.36 bits per heavy atom. The molecule has 1 aromatic heterocycles. The number of carbonyl (C=O) groups excluding carboxylic acids is 1. The molecule has 1 aliphatic rings. The lowest BCUT2D eigenvalue weighted by Gasteiger charge is -2.26. The molecule has 25 heavy (non-hydrogen) atoms. The van der Waals surface area contributed by atoms with E-state index in [0.717, 1.165) is 29.9 Å². The normalized spacial score (nSPS) is 16.8. The van der Waals surface area contributed by atoms with Gasteiger partial charge in [-0.3, -0.25) is 4.68 Å². The highest BCUT2D eigenvalue weighted by molar-refractivity contribution is 5.75. The van der Waals surface area contributed by atoms with Gasteiger partial charge < -0.3 is 19.7 Å². The number of aryl methyl sites for hydroxylation is 1. The Morgan fingerprint density at radius 2 is 2.20 bits per heavy atom. The SMILES string of the molecule is COc1ccc(C2CCCN2C(=O)NCc2ncn(C)n2)c(OC)c1. The molecular formula is C17H23N5O3. The summed E-state index contributed by atoms with van der Waals surface area (Å²) in [7, 11) is 5.05. The molecule has 2 heterocycles. The van der Waals surface area contributed by atoms with Crippen LogP contribution in [0.5, 0.6) is 11.5 Å². The first-order valence-electron chi connectivity index (χ1n) is 8.23. The van der Waals surface area contributed by atoms with Crippen molar-refractivity contribution in [3.8, 4) is 11.5 Å². The zero-order chi connectivity index (χ0) is 17.8. The van der Waals surface area contributed by atoms with Crippen LogP contribution < -0.4 is 14.8 Å². The average Bonchev–Trinajstić information content (AvgIpc) is 3.28. The van der Waals surface area contributed by atoms with E-state index in [0.29, 0.717) is 18.9 Å². The number of hydrogen-bond acceptors (Lipinski definition) is 5. The van der Waals surface area contributed by atoms with Gasteiger partial charge in [0.1, 0.15) is 17.8 Å². The van der Waals surface area contributed by atoms with Gasteiger partial charge in [0.15, 0.2) is 5.82 Å². The van der Waals surface area contributed by atoms with Gasteiger partial charge in [0.25, 0.3) is 0 Å². The van der Waals surface area contributed by atoms with Gasteiger partial charge in [-0.25, -0.2) is 9.78 Å². The van der Waals surface area contributed by atoms with Crippen LogP contribution in [0.3, 0.4) is 0 Å². The summed E-state index contributed by atoms with van der Waals surface area (Å²) in [5, 5.41) is 7.07. The lowest BCUT2D eigenvalue weighted by atomic mass is 10.0. The molecule has 1 atom stereocenters. The van der Waals surface area contributed by atoms with Gasteiger partial charge in [-0.1, -0.05) is 0 Å². The molecule has 0 bridgehead atoms. The molecule has 1 fully saturated rings. The Balaban J connectivity index is 1.72. The highest BCUT2D eigenvalue weighted by Crippen LogP contribution is 2.38. The monoisotopic (exact) mass is 345 g/mol. The fraction of sp³-hybridized carbons (Fsp3) is 0.471. The summed E-state index contributed by atoms with van der Waals surface area (Å²) in [5.74, 6) is 2.06. The standard InChI is InChI=1S/C17H23N5O3/c1-21-11-19-16(20-21)10-18-17(23)22-8-4-5-14(22)13-7-6-12(24-2)9-15(13)25-3/h6-7,9,11,14H,4-5,8,10H2,1-3H3,(H,18,23). The smallest absolute Gasteiger partial charge is 0.318 e. The minimum absolute atomic E-state index is 0.0162. The molecule has 8 nitrogen and oxygen atoms in total. The maximum Gasteiger partial charge on any atom is 0.318 e. The van der Waals surface area contributed by atoms with Crippen molar-refractivity contribution in [2.45, 2.75) is 25.4 Å². The number of carbonyl (C=O) groups is 1. The van der Waals surface area contributed by atoms with E-state index >= 15 is 0 Å². The van der Waals surface area contributed by atoms with Gasteiger partial charge in [0, 0.05) is 25.2 Å². The van der Waals surface area contributed by atoms with E-state index in [4.69, 9.17) is 9.47 Å². The summed E-state index contributed by atoms with van der Waals surface area (Å²) < 4.78 is 12.4. The quantitative estimate of drug-likeness (QED) is 0.895. The fourth-order valence-corrected chi connectivity index (χ4v) is 3.15. The van der Waals surface area contributed by atoms with E-state index in [2.05, 4.69) is 15.4 Å². The number of likely N-dealkylation sites (tertiary alicyclic amines) is 1. The molecule has 0 saturated carbocycles. The van der Waals surface area contributed by atoms with E-state index in [1.54, 1.807) is 32.3 Å². The van der Waals surface area contributed by atoms with Crippen molar-refractivity contribution >= 4 is 6.03 Å². The van der Waals surface area contributed by atoms with E-state index in [1.165, 1.54) is 0 Å². The topological polar surface area (TPSA) is 81.5 Å². The predicted octanol–water partition coefficient (Wildman–Crippen LogP) is 1.88. The minimum atomic E-state index is -0.118. The number of methoxy groups -OCH3 is 2. The van der Waals surface area contributed by atoms with Crippen LogP contribution in [0.15, 0.2) is 24.5 Å². The molecule has 0 radical (unpaired) electrons. The van der Waals surface area contributed by atoms with Crippen molar-refractivity contribution in [2.24, 2.45) is 7.05 Å². The molecule has 1 aliphatic heterocycles. The van der Waals surface area contributed by atoms with E-state index in [-0.39, 0.29) is 12.1 Å². The third-order valence-electron chi connectivity index (χ3n) is 4.36. The molecule has 134 valence electrons. The van der Waals surface area contributed by atoms with Gasteiger partial charge in [-0.2, -0.15) is 5.10 Å². The molecule has 1 saturated heterocycles. The summed E-state index contributed by atoms with van der Waals surface area (Å²) >= 11 is 0. The van der Waals surface area contributed by atoms with Crippen molar-refractivity contribution in [3.63, 3.8) is 0 Å². The Hall–Kier alpha value is -2.77. The number of ether oxygens (including phenoxy) is 2. The largest absolute Gasteiger partial charge is 0.497 e. The maximum absolute atomic E-state index is 12.6. The number of hydrogen-bond donors (Lipinski definition) is 1. The van der Waals surface area contributed by atoms with E-state index < -0.39 is 0 Å². The van der Waals surface area contributed by atoms with Crippen LogP contribution >= 0.6 is 0 Å². The van der Waals surface area contributed by atoms with Gasteiger partial charge >= 0.3 is 6.03 Å². The second-order valence-corrected chi connectivity index (χ2v) is 5.95. The Kier molecular flexibility index (Phi) is 5.06. The summed E-state index contributed by atoms with van der Waals surface area (Å²) in [6, 6.07) is 5.57. The first kappa shape index (κ1) is 17.1. The summed E-state index contributed by atoms with van der Waals surface area (Å²) in [6.45, 7) is 1.02. The molecule has 8 heteroatoms. The number of rotatable bonds is 5. The molecule has 2 amide bonds. The molecule has 1 N–H and O–H groups in total. The number of nitrogens with zero attached hydrogens (tertiary/aromatic N) is 4. The van der Waals surface area contributed by atoms with Crippen molar-refractivity contribution in [3.05, 3.63) is 35.9 Å².